The van der Waals surface area contributed by atoms with Crippen molar-refractivity contribution in [1.29, 1.82) is 0 Å². The van der Waals surface area contributed by atoms with Crippen LogP contribution in [0.1, 0.15) is 0 Å². The number of nitro benzene ring substituents is 1. The molecular formula is C14H14ClN2O4PS2. The minimum atomic E-state index is -2.86. The van der Waals surface area contributed by atoms with Crippen molar-refractivity contribution in [3.63, 3.8) is 0 Å². The minimum absolute atomic E-state index is 0.0589. The highest BCUT2D eigenvalue weighted by atomic mass is 35.7. The van der Waals surface area contributed by atoms with Crippen molar-refractivity contribution in [3.8, 4) is 5.75 Å². The third-order valence-electron chi connectivity index (χ3n) is 2.64. The molecule has 0 heterocycles. The molecule has 0 spiro atoms. The lowest BCUT2D eigenvalue weighted by atomic mass is 10.3. The fourth-order valence-corrected chi connectivity index (χ4v) is 3.89. The lowest BCUT2D eigenvalue weighted by molar-refractivity contribution is -0.384. The van der Waals surface area contributed by atoms with Crippen LogP contribution in [0.4, 0.5) is 5.69 Å². The molecule has 0 amide bonds. The number of nitro groups is 1. The summed E-state index contributed by atoms with van der Waals surface area (Å²) in [5, 5.41) is 10.6. The Morgan fingerprint density at radius 2 is 1.88 bits per heavy atom. The molecule has 0 saturated carbocycles. The van der Waals surface area contributed by atoms with E-state index in [2.05, 4.69) is 4.72 Å². The van der Waals surface area contributed by atoms with E-state index in [1.165, 1.54) is 24.1 Å². The molecule has 10 heteroatoms. The maximum absolute atomic E-state index is 10.6. The Labute approximate surface area is 153 Å². The van der Waals surface area contributed by atoms with Gasteiger partial charge in [0, 0.05) is 23.6 Å². The Bertz CT molecular complexity index is 718. The van der Waals surface area contributed by atoms with Gasteiger partial charge in [0.1, 0.15) is 5.75 Å². The summed E-state index contributed by atoms with van der Waals surface area (Å²) in [7, 11) is 0. The number of nitrogens with one attached hydrogen (secondary N) is 1. The van der Waals surface area contributed by atoms with E-state index < -0.39 is 10.8 Å². The fraction of sp³-hybridized carbons (Fsp3) is 0.143. The number of halogens is 1. The number of benzene rings is 2. The van der Waals surface area contributed by atoms with Crippen LogP contribution in [0.5, 0.6) is 5.75 Å². The van der Waals surface area contributed by atoms with Gasteiger partial charge in [0.2, 0.25) is 0 Å². The minimum Gasteiger partial charge on any atom is -0.433 e. The van der Waals surface area contributed by atoms with Gasteiger partial charge in [-0.3, -0.25) is 14.8 Å². The van der Waals surface area contributed by atoms with Crippen molar-refractivity contribution in [1.82, 2.24) is 4.72 Å². The van der Waals surface area contributed by atoms with Crippen molar-refractivity contribution >= 4 is 46.5 Å². The van der Waals surface area contributed by atoms with Gasteiger partial charge in [-0.1, -0.05) is 18.2 Å². The van der Waals surface area contributed by atoms with Crippen LogP contribution in [0.25, 0.3) is 0 Å². The summed E-state index contributed by atoms with van der Waals surface area (Å²) >= 11 is 12.6. The molecule has 128 valence electrons. The van der Waals surface area contributed by atoms with Crippen LogP contribution in [-0.4, -0.2) is 18.1 Å². The largest absolute Gasteiger partial charge is 0.433 e. The first kappa shape index (κ1) is 19.2. The highest BCUT2D eigenvalue weighted by molar-refractivity contribution is 8.22. The summed E-state index contributed by atoms with van der Waals surface area (Å²) in [5.41, 5.74) is 0.0589. The Morgan fingerprint density at radius 1 is 1.21 bits per heavy atom. The van der Waals surface area contributed by atoms with Crippen molar-refractivity contribution in [2.75, 3.05) is 13.2 Å². The molecular weight excluding hydrogens is 391 g/mol. The monoisotopic (exact) mass is 404 g/mol. The predicted octanol–water partition coefficient (Wildman–Crippen LogP) is 4.75. The molecule has 0 bridgehead atoms. The summed E-state index contributed by atoms with van der Waals surface area (Å²) in [6.07, 6.45) is 0. The zero-order valence-corrected chi connectivity index (χ0v) is 15.6. The Balaban J connectivity index is 1.68. The average Bonchev–Trinajstić information content (AvgIpc) is 2.55. The quantitative estimate of drug-likeness (QED) is 0.212. The molecule has 1 unspecified atom stereocenters. The van der Waals surface area contributed by atoms with E-state index in [0.717, 1.165) is 4.90 Å². The van der Waals surface area contributed by atoms with Crippen LogP contribution in [0.2, 0.25) is 0 Å². The van der Waals surface area contributed by atoms with Crippen molar-refractivity contribution in [2.24, 2.45) is 0 Å². The van der Waals surface area contributed by atoms with Crippen LogP contribution in [0.3, 0.4) is 0 Å². The van der Waals surface area contributed by atoms with Gasteiger partial charge in [0.05, 0.1) is 11.5 Å². The number of hydrogen-bond acceptors (Lipinski definition) is 7. The van der Waals surface area contributed by atoms with E-state index in [9.17, 15) is 10.1 Å². The maximum Gasteiger partial charge on any atom is 0.332 e. The number of para-hydroxylation sites is 1. The van der Waals surface area contributed by atoms with Crippen LogP contribution in [0.15, 0.2) is 59.5 Å². The molecule has 24 heavy (non-hydrogen) atoms. The molecule has 0 aliphatic carbocycles. The van der Waals surface area contributed by atoms with Crippen LogP contribution in [0, 0.1) is 10.1 Å². The second-order valence-corrected chi connectivity index (χ2v) is 10.1. The van der Waals surface area contributed by atoms with E-state index in [1.54, 1.807) is 24.3 Å². The highest BCUT2D eigenvalue weighted by Crippen LogP contribution is 2.53. The van der Waals surface area contributed by atoms with Crippen LogP contribution >= 0.6 is 29.0 Å². The second kappa shape index (κ2) is 9.36. The zero-order chi connectivity index (χ0) is 17.4. The molecule has 0 aliphatic heterocycles. The van der Waals surface area contributed by atoms with Gasteiger partial charge in [-0.05, 0) is 59.3 Å². The molecule has 0 aromatic heterocycles. The van der Waals surface area contributed by atoms with E-state index in [0.29, 0.717) is 12.3 Å². The molecule has 6 nitrogen and oxygen atoms in total. The van der Waals surface area contributed by atoms with E-state index in [4.69, 9.17) is 32.1 Å². The molecule has 2 aromatic carbocycles. The summed E-state index contributed by atoms with van der Waals surface area (Å²) < 4.78 is 14.0. The molecule has 0 saturated heterocycles. The second-order valence-electron chi connectivity index (χ2n) is 4.42. The van der Waals surface area contributed by atoms with Crippen molar-refractivity contribution in [2.45, 2.75) is 4.90 Å². The summed E-state index contributed by atoms with van der Waals surface area (Å²) in [4.78, 5) is 11.0. The lowest BCUT2D eigenvalue weighted by Gasteiger charge is -2.16. The van der Waals surface area contributed by atoms with Crippen LogP contribution in [-0.2, 0) is 16.3 Å². The third-order valence-corrected chi connectivity index (χ3v) is 5.46. The van der Waals surface area contributed by atoms with Gasteiger partial charge in [0.25, 0.3) is 5.69 Å². The SMILES string of the molecule is O=[N+]([O-])c1ccc(SNCCOP(=S)(Cl)Oc2ccccc2)cc1. The average molecular weight is 405 g/mol. The maximum atomic E-state index is 10.6. The molecule has 0 fully saturated rings. The fourth-order valence-electron chi connectivity index (χ4n) is 1.60. The van der Waals surface area contributed by atoms with E-state index in [1.807, 2.05) is 18.2 Å². The lowest BCUT2D eigenvalue weighted by Crippen LogP contribution is -2.11. The summed E-state index contributed by atoms with van der Waals surface area (Å²) in [5.74, 6) is -2.29. The number of nitrogens with zero attached hydrogens (tertiary/aromatic N) is 1. The third kappa shape index (κ3) is 6.76. The van der Waals surface area contributed by atoms with Gasteiger partial charge in [-0.15, -0.1) is 0 Å². The molecule has 1 N–H and O–H groups in total. The summed E-state index contributed by atoms with van der Waals surface area (Å²) in [6.45, 7) is 0.776. The molecule has 0 aliphatic rings. The first-order valence-corrected chi connectivity index (χ1v) is 11.2. The number of non-ortho nitro benzene ring substituents is 1. The van der Waals surface area contributed by atoms with E-state index >= 15 is 0 Å². The summed E-state index contributed by atoms with van der Waals surface area (Å²) in [6, 6.07) is 15.3. The van der Waals surface area contributed by atoms with E-state index in [-0.39, 0.29) is 12.3 Å². The highest BCUT2D eigenvalue weighted by Gasteiger charge is 2.16. The Morgan fingerprint density at radius 3 is 2.50 bits per heavy atom. The zero-order valence-electron chi connectivity index (χ0n) is 12.3. The predicted molar refractivity (Wildman–Crippen MR) is 100 cm³/mol. The standard InChI is InChI=1S/C14H14ClN2O4PS2/c15-22(23,21-13-4-2-1-3-5-13)20-11-10-16-24-14-8-6-12(7-9-14)17(18)19/h1-9,16H,10-11H2. The number of rotatable bonds is 9. The molecule has 0 radical (unpaired) electrons. The van der Waals surface area contributed by atoms with Crippen molar-refractivity contribution in [3.05, 3.63) is 64.7 Å². The normalized spacial score (nSPS) is 13.2. The van der Waals surface area contributed by atoms with Crippen LogP contribution < -0.4 is 9.25 Å². The Hall–Kier alpha value is -1.15. The first-order valence-electron chi connectivity index (χ1n) is 6.79. The Kier molecular flexibility index (Phi) is 7.48. The van der Waals surface area contributed by atoms with Gasteiger partial charge >= 0.3 is 5.84 Å². The van der Waals surface area contributed by atoms with Gasteiger partial charge in [-0.25, -0.2) is 0 Å². The number of hydrogen-bond donors (Lipinski definition) is 1. The first-order chi connectivity index (χ1) is 11.5. The molecule has 2 rings (SSSR count). The topological polar surface area (TPSA) is 73.6 Å². The van der Waals surface area contributed by atoms with Gasteiger partial charge < -0.3 is 9.05 Å². The van der Waals surface area contributed by atoms with Crippen molar-refractivity contribution < 1.29 is 14.0 Å². The molecule has 1 atom stereocenters. The van der Waals surface area contributed by atoms with Gasteiger partial charge in [0.15, 0.2) is 0 Å². The van der Waals surface area contributed by atoms with Gasteiger partial charge in [-0.2, -0.15) is 0 Å². The smallest absolute Gasteiger partial charge is 0.332 e. The molecule has 2 aromatic rings.